The molecule has 4 heteroatoms. The highest BCUT2D eigenvalue weighted by Gasteiger charge is 2.21. The van der Waals surface area contributed by atoms with Gasteiger partial charge in [-0.1, -0.05) is 12.2 Å². The Morgan fingerprint density at radius 3 is 2.06 bits per heavy atom. The van der Waals surface area contributed by atoms with Crippen molar-refractivity contribution in [1.82, 2.24) is 0 Å². The van der Waals surface area contributed by atoms with E-state index in [1.54, 1.807) is 6.92 Å². The van der Waals surface area contributed by atoms with Crippen LogP contribution in [0.4, 0.5) is 0 Å². The van der Waals surface area contributed by atoms with E-state index in [4.69, 9.17) is 14.2 Å². The number of esters is 1. The summed E-state index contributed by atoms with van der Waals surface area (Å²) in [6, 6.07) is 0. The number of rotatable bonds is 10. The van der Waals surface area contributed by atoms with Gasteiger partial charge in [-0.3, -0.25) is 4.79 Å². The van der Waals surface area contributed by atoms with Crippen molar-refractivity contribution < 1.29 is 19.0 Å². The van der Waals surface area contributed by atoms with E-state index in [0.717, 1.165) is 5.57 Å². The Hall–Kier alpha value is -0.870. The van der Waals surface area contributed by atoms with Gasteiger partial charge in [0.15, 0.2) is 6.29 Å². The van der Waals surface area contributed by atoms with Crippen LogP contribution in [-0.4, -0.2) is 32.1 Å². The summed E-state index contributed by atoms with van der Waals surface area (Å²) in [7, 11) is 0. The van der Waals surface area contributed by atoms with E-state index in [0.29, 0.717) is 32.7 Å². The fourth-order valence-electron chi connectivity index (χ4n) is 1.67. The molecule has 106 valence electrons. The number of carbonyl (C=O) groups is 1. The van der Waals surface area contributed by atoms with Gasteiger partial charge in [0, 0.05) is 19.6 Å². The van der Waals surface area contributed by atoms with Crippen LogP contribution in [0.2, 0.25) is 0 Å². The molecule has 0 rings (SSSR count). The first kappa shape index (κ1) is 17.1. The van der Waals surface area contributed by atoms with E-state index in [-0.39, 0.29) is 18.2 Å². The molecule has 0 unspecified atom stereocenters. The molecular weight excluding hydrogens is 232 g/mol. The molecular formula is C14H26O4. The quantitative estimate of drug-likeness (QED) is 0.343. The molecule has 1 atom stereocenters. The highest BCUT2D eigenvalue weighted by atomic mass is 16.7. The Labute approximate surface area is 110 Å². The monoisotopic (exact) mass is 258 g/mol. The fraction of sp³-hybridized carbons (Fsp3) is 0.786. The molecule has 0 heterocycles. The van der Waals surface area contributed by atoms with Crippen LogP contribution in [0.5, 0.6) is 0 Å². The smallest absolute Gasteiger partial charge is 0.306 e. The zero-order chi connectivity index (χ0) is 14.0. The van der Waals surface area contributed by atoms with Gasteiger partial charge < -0.3 is 14.2 Å². The van der Waals surface area contributed by atoms with Gasteiger partial charge in [0.1, 0.15) is 0 Å². The molecule has 18 heavy (non-hydrogen) atoms. The van der Waals surface area contributed by atoms with Crippen LogP contribution in [-0.2, 0) is 19.0 Å². The van der Waals surface area contributed by atoms with Crippen molar-refractivity contribution in [3.63, 3.8) is 0 Å². The summed E-state index contributed by atoms with van der Waals surface area (Å²) in [6.07, 6.45) is 0.687. The molecule has 4 nitrogen and oxygen atoms in total. The first-order valence-corrected chi connectivity index (χ1v) is 6.59. The maximum atomic E-state index is 11.5. The molecule has 0 aromatic heterocycles. The average molecular weight is 258 g/mol. The van der Waals surface area contributed by atoms with Crippen molar-refractivity contribution in [1.29, 1.82) is 0 Å². The predicted octanol–water partition coefficient (Wildman–Crippen LogP) is 2.92. The van der Waals surface area contributed by atoms with Crippen LogP contribution in [0.15, 0.2) is 12.2 Å². The lowest BCUT2D eigenvalue weighted by Gasteiger charge is -2.23. The maximum absolute atomic E-state index is 11.5. The Morgan fingerprint density at radius 2 is 1.67 bits per heavy atom. The van der Waals surface area contributed by atoms with Crippen LogP contribution < -0.4 is 0 Å². The molecule has 0 aliphatic carbocycles. The summed E-state index contributed by atoms with van der Waals surface area (Å²) < 4.78 is 15.9. The first-order chi connectivity index (χ1) is 8.54. The molecule has 0 saturated carbocycles. The standard InChI is InChI=1S/C14H26O4/c1-6-16-13(15)9-12(11(4)5)10-14(17-7-2)18-8-3/h12,14H,4,6-10H2,1-3,5H3/t12-/m1/s1. The Balaban J connectivity index is 4.39. The largest absolute Gasteiger partial charge is 0.466 e. The zero-order valence-electron chi connectivity index (χ0n) is 12.0. The molecule has 0 bridgehead atoms. The van der Waals surface area contributed by atoms with Crippen molar-refractivity contribution >= 4 is 5.97 Å². The van der Waals surface area contributed by atoms with Gasteiger partial charge in [0.05, 0.1) is 13.0 Å². The number of ether oxygens (including phenoxy) is 3. The SMILES string of the molecule is C=C(C)[C@H](CC(=O)OCC)CC(OCC)OCC. The van der Waals surface area contributed by atoms with Gasteiger partial charge in [-0.25, -0.2) is 0 Å². The molecule has 0 saturated heterocycles. The van der Waals surface area contributed by atoms with Crippen LogP contribution in [0.25, 0.3) is 0 Å². The Bertz CT molecular complexity index is 244. The summed E-state index contributed by atoms with van der Waals surface area (Å²) in [5.41, 5.74) is 0.951. The van der Waals surface area contributed by atoms with E-state index >= 15 is 0 Å². The molecule has 0 amide bonds. The third-order valence-corrected chi connectivity index (χ3v) is 2.60. The lowest BCUT2D eigenvalue weighted by molar-refractivity contribution is -0.151. The van der Waals surface area contributed by atoms with E-state index < -0.39 is 0 Å². The molecule has 0 spiro atoms. The predicted molar refractivity (Wildman–Crippen MR) is 71.2 cm³/mol. The fourth-order valence-corrected chi connectivity index (χ4v) is 1.67. The third kappa shape index (κ3) is 7.45. The first-order valence-electron chi connectivity index (χ1n) is 6.59. The summed E-state index contributed by atoms with van der Waals surface area (Å²) in [5, 5.41) is 0. The van der Waals surface area contributed by atoms with Gasteiger partial charge in [-0.05, 0) is 33.6 Å². The van der Waals surface area contributed by atoms with Crippen molar-refractivity contribution in [3.8, 4) is 0 Å². The average Bonchev–Trinajstić information content (AvgIpc) is 2.29. The number of carbonyl (C=O) groups excluding carboxylic acids is 1. The number of hydrogen-bond donors (Lipinski definition) is 0. The van der Waals surface area contributed by atoms with Gasteiger partial charge in [-0.15, -0.1) is 0 Å². The van der Waals surface area contributed by atoms with E-state index in [2.05, 4.69) is 6.58 Å². The Morgan fingerprint density at radius 1 is 1.11 bits per heavy atom. The van der Waals surface area contributed by atoms with Gasteiger partial charge in [-0.2, -0.15) is 0 Å². The van der Waals surface area contributed by atoms with E-state index in [9.17, 15) is 4.79 Å². The van der Waals surface area contributed by atoms with Crippen molar-refractivity contribution in [2.24, 2.45) is 5.92 Å². The van der Waals surface area contributed by atoms with Crippen LogP contribution >= 0.6 is 0 Å². The minimum atomic E-state index is -0.281. The molecule has 0 aliphatic heterocycles. The molecule has 0 fully saturated rings. The topological polar surface area (TPSA) is 44.8 Å². The van der Waals surface area contributed by atoms with Crippen LogP contribution in [0, 0.1) is 5.92 Å². The molecule has 0 aliphatic rings. The molecule has 0 aromatic rings. The lowest BCUT2D eigenvalue weighted by Crippen LogP contribution is -2.23. The van der Waals surface area contributed by atoms with Crippen molar-refractivity contribution in [3.05, 3.63) is 12.2 Å². The molecule has 0 N–H and O–H groups in total. The highest BCUT2D eigenvalue weighted by Crippen LogP contribution is 2.22. The molecule has 0 aromatic carbocycles. The maximum Gasteiger partial charge on any atom is 0.306 e. The highest BCUT2D eigenvalue weighted by molar-refractivity contribution is 5.70. The normalized spacial score (nSPS) is 12.5. The van der Waals surface area contributed by atoms with Gasteiger partial charge >= 0.3 is 5.97 Å². The summed E-state index contributed by atoms with van der Waals surface area (Å²) in [6.45, 7) is 13.1. The number of allylic oxidation sites excluding steroid dienone is 1. The third-order valence-electron chi connectivity index (χ3n) is 2.60. The second-order valence-corrected chi connectivity index (χ2v) is 4.13. The van der Waals surface area contributed by atoms with Crippen LogP contribution in [0.3, 0.4) is 0 Å². The van der Waals surface area contributed by atoms with Crippen molar-refractivity contribution in [2.45, 2.75) is 46.8 Å². The summed E-state index contributed by atoms with van der Waals surface area (Å²) >= 11 is 0. The van der Waals surface area contributed by atoms with Gasteiger partial charge in [0.2, 0.25) is 0 Å². The van der Waals surface area contributed by atoms with E-state index in [1.807, 2.05) is 20.8 Å². The lowest BCUT2D eigenvalue weighted by atomic mass is 9.94. The second kappa shape index (κ2) is 10.1. The minimum Gasteiger partial charge on any atom is -0.466 e. The Kier molecular flexibility index (Phi) is 9.60. The summed E-state index contributed by atoms with van der Waals surface area (Å²) in [4.78, 5) is 11.5. The summed E-state index contributed by atoms with van der Waals surface area (Å²) in [5.74, 6) is -0.163. The van der Waals surface area contributed by atoms with Crippen molar-refractivity contribution in [2.75, 3.05) is 19.8 Å². The molecule has 0 radical (unpaired) electrons. The van der Waals surface area contributed by atoms with Gasteiger partial charge in [0.25, 0.3) is 0 Å². The second-order valence-electron chi connectivity index (χ2n) is 4.13. The van der Waals surface area contributed by atoms with E-state index in [1.165, 1.54) is 0 Å². The minimum absolute atomic E-state index is 0.0344. The number of hydrogen-bond acceptors (Lipinski definition) is 4. The van der Waals surface area contributed by atoms with Crippen LogP contribution in [0.1, 0.15) is 40.5 Å². The zero-order valence-corrected chi connectivity index (χ0v) is 12.0.